The van der Waals surface area contributed by atoms with Crippen LogP contribution in [-0.4, -0.2) is 33.7 Å². The molecule has 0 aliphatic rings. The Labute approximate surface area is 131 Å². The van der Waals surface area contributed by atoms with Crippen LogP contribution < -0.4 is 10.2 Å². The van der Waals surface area contributed by atoms with Crippen molar-refractivity contribution in [1.82, 2.24) is 5.32 Å². The van der Waals surface area contributed by atoms with Crippen molar-refractivity contribution in [3.05, 3.63) is 65.7 Å². The van der Waals surface area contributed by atoms with Gasteiger partial charge in [0.05, 0.1) is 6.10 Å². The number of ether oxygens (including phenoxy) is 1. The van der Waals surface area contributed by atoms with Crippen molar-refractivity contribution in [3.63, 3.8) is 0 Å². The minimum absolute atomic E-state index is 0.0942. The zero-order chi connectivity index (χ0) is 15.9. The summed E-state index contributed by atoms with van der Waals surface area (Å²) in [5.74, 6) is -0.0942. The highest BCUT2D eigenvalue weighted by molar-refractivity contribution is 5.94. The van der Waals surface area contributed by atoms with Gasteiger partial charge in [0.15, 0.2) is 0 Å². The molecule has 4 heteroatoms. The van der Waals surface area contributed by atoms with E-state index in [-0.39, 0.29) is 12.0 Å². The maximum Gasteiger partial charge on any atom is 0.251 e. The van der Waals surface area contributed by atoms with E-state index < -0.39 is 0 Å². The fraction of sp³-hybridized carbons (Fsp3) is 0.278. The van der Waals surface area contributed by atoms with E-state index in [0.29, 0.717) is 12.1 Å². The Morgan fingerprint density at radius 1 is 1.09 bits per heavy atom. The quantitative estimate of drug-likeness (QED) is 0.891. The smallest absolute Gasteiger partial charge is 0.251 e. The first-order valence-electron chi connectivity index (χ1n) is 7.25. The third-order valence-corrected chi connectivity index (χ3v) is 3.55. The van der Waals surface area contributed by atoms with Crippen molar-refractivity contribution in [2.45, 2.75) is 6.10 Å². The summed E-state index contributed by atoms with van der Waals surface area (Å²) < 4.78 is 5.45. The summed E-state index contributed by atoms with van der Waals surface area (Å²) in [5, 5.41) is 2.92. The van der Waals surface area contributed by atoms with Crippen LogP contribution in [0.2, 0.25) is 0 Å². The molecular weight excluding hydrogens is 276 g/mol. The molecular formula is C18H22N2O2. The lowest BCUT2D eigenvalue weighted by atomic mass is 10.1. The van der Waals surface area contributed by atoms with Crippen LogP contribution in [0.25, 0.3) is 0 Å². The van der Waals surface area contributed by atoms with Gasteiger partial charge in [-0.15, -0.1) is 0 Å². The molecule has 116 valence electrons. The van der Waals surface area contributed by atoms with E-state index in [1.807, 2.05) is 73.6 Å². The van der Waals surface area contributed by atoms with E-state index in [2.05, 4.69) is 5.32 Å². The molecule has 1 atom stereocenters. The van der Waals surface area contributed by atoms with Crippen LogP contribution in [0.15, 0.2) is 54.6 Å². The molecule has 0 saturated heterocycles. The summed E-state index contributed by atoms with van der Waals surface area (Å²) in [5.41, 5.74) is 2.76. The number of anilines is 1. The summed E-state index contributed by atoms with van der Waals surface area (Å²) in [6, 6.07) is 17.4. The van der Waals surface area contributed by atoms with Crippen molar-refractivity contribution in [2.24, 2.45) is 0 Å². The number of amides is 1. The van der Waals surface area contributed by atoms with Crippen molar-refractivity contribution >= 4 is 11.6 Å². The minimum Gasteiger partial charge on any atom is -0.378 e. The zero-order valence-electron chi connectivity index (χ0n) is 13.2. The number of carbonyl (C=O) groups is 1. The van der Waals surface area contributed by atoms with Gasteiger partial charge in [0, 0.05) is 39.0 Å². The number of rotatable bonds is 6. The Bertz CT molecular complexity index is 594. The number of methoxy groups -OCH3 is 1. The monoisotopic (exact) mass is 298 g/mol. The van der Waals surface area contributed by atoms with E-state index in [4.69, 9.17) is 4.74 Å². The number of nitrogens with zero attached hydrogens (tertiary/aromatic N) is 1. The van der Waals surface area contributed by atoms with Gasteiger partial charge in [0.2, 0.25) is 0 Å². The van der Waals surface area contributed by atoms with Gasteiger partial charge in [0.25, 0.3) is 5.91 Å². The molecule has 22 heavy (non-hydrogen) atoms. The van der Waals surface area contributed by atoms with Gasteiger partial charge in [-0.05, 0) is 29.8 Å². The molecule has 0 heterocycles. The second-order valence-corrected chi connectivity index (χ2v) is 5.29. The third kappa shape index (κ3) is 4.09. The molecule has 1 N–H and O–H groups in total. The van der Waals surface area contributed by atoms with Crippen LogP contribution in [0.4, 0.5) is 5.69 Å². The lowest BCUT2D eigenvalue weighted by molar-refractivity contribution is 0.0828. The third-order valence-electron chi connectivity index (χ3n) is 3.55. The zero-order valence-corrected chi connectivity index (χ0v) is 13.2. The second kappa shape index (κ2) is 7.61. The highest BCUT2D eigenvalue weighted by atomic mass is 16.5. The molecule has 1 amide bonds. The number of hydrogen-bond donors (Lipinski definition) is 1. The number of carbonyl (C=O) groups excluding carboxylic acids is 1. The highest BCUT2D eigenvalue weighted by Crippen LogP contribution is 2.16. The molecule has 1 unspecified atom stereocenters. The lowest BCUT2D eigenvalue weighted by Crippen LogP contribution is -2.29. The molecule has 2 aromatic rings. The summed E-state index contributed by atoms with van der Waals surface area (Å²) in [4.78, 5) is 14.2. The van der Waals surface area contributed by atoms with Crippen molar-refractivity contribution in [1.29, 1.82) is 0 Å². The van der Waals surface area contributed by atoms with Crippen LogP contribution in [0, 0.1) is 0 Å². The van der Waals surface area contributed by atoms with E-state index >= 15 is 0 Å². The Morgan fingerprint density at radius 2 is 1.73 bits per heavy atom. The van der Waals surface area contributed by atoms with E-state index in [0.717, 1.165) is 11.3 Å². The van der Waals surface area contributed by atoms with Gasteiger partial charge in [-0.1, -0.05) is 30.3 Å². The number of benzene rings is 2. The number of nitrogens with one attached hydrogen (secondary N) is 1. The molecule has 2 aromatic carbocycles. The molecule has 0 aliphatic heterocycles. The average molecular weight is 298 g/mol. The lowest BCUT2D eigenvalue weighted by Gasteiger charge is -2.17. The van der Waals surface area contributed by atoms with E-state index in [1.54, 1.807) is 7.11 Å². The minimum atomic E-state index is -0.147. The Morgan fingerprint density at radius 3 is 2.27 bits per heavy atom. The molecule has 0 aromatic heterocycles. The van der Waals surface area contributed by atoms with Gasteiger partial charge >= 0.3 is 0 Å². The number of hydrogen-bond acceptors (Lipinski definition) is 3. The maximum atomic E-state index is 12.2. The topological polar surface area (TPSA) is 41.6 Å². The van der Waals surface area contributed by atoms with E-state index in [9.17, 15) is 4.79 Å². The first kappa shape index (κ1) is 16.0. The summed E-state index contributed by atoms with van der Waals surface area (Å²) in [6.07, 6.45) is -0.147. The fourth-order valence-corrected chi connectivity index (χ4v) is 2.20. The van der Waals surface area contributed by atoms with Crippen LogP contribution in [-0.2, 0) is 4.74 Å². The molecule has 0 radical (unpaired) electrons. The largest absolute Gasteiger partial charge is 0.378 e. The van der Waals surface area contributed by atoms with E-state index in [1.165, 1.54) is 0 Å². The van der Waals surface area contributed by atoms with Crippen LogP contribution in [0.5, 0.6) is 0 Å². The van der Waals surface area contributed by atoms with Crippen LogP contribution in [0.1, 0.15) is 22.0 Å². The fourth-order valence-electron chi connectivity index (χ4n) is 2.20. The van der Waals surface area contributed by atoms with Gasteiger partial charge in [-0.25, -0.2) is 0 Å². The van der Waals surface area contributed by atoms with Crippen molar-refractivity contribution in [3.8, 4) is 0 Å². The van der Waals surface area contributed by atoms with Gasteiger partial charge in [-0.2, -0.15) is 0 Å². The second-order valence-electron chi connectivity index (χ2n) is 5.29. The van der Waals surface area contributed by atoms with Gasteiger partial charge in [-0.3, -0.25) is 4.79 Å². The average Bonchev–Trinajstić information content (AvgIpc) is 2.56. The molecule has 0 bridgehead atoms. The summed E-state index contributed by atoms with van der Waals surface area (Å²) >= 11 is 0. The standard InChI is InChI=1S/C18H22N2O2/c1-20(2)16-11-9-15(10-12-16)18(21)19-13-17(22-3)14-7-5-4-6-8-14/h4-12,17H,13H2,1-3H3,(H,19,21). The predicted molar refractivity (Wildman–Crippen MR) is 89.3 cm³/mol. The van der Waals surface area contributed by atoms with Crippen LogP contribution >= 0.6 is 0 Å². The maximum absolute atomic E-state index is 12.2. The Kier molecular flexibility index (Phi) is 5.55. The molecule has 0 saturated carbocycles. The Hall–Kier alpha value is -2.33. The molecule has 0 fully saturated rings. The summed E-state index contributed by atoms with van der Waals surface area (Å²) in [7, 11) is 5.59. The first-order valence-corrected chi connectivity index (χ1v) is 7.25. The predicted octanol–water partition coefficient (Wildman–Crippen LogP) is 2.87. The first-order chi connectivity index (χ1) is 10.6. The highest BCUT2D eigenvalue weighted by Gasteiger charge is 2.12. The van der Waals surface area contributed by atoms with Crippen molar-refractivity contribution in [2.75, 3.05) is 32.6 Å². The molecule has 2 rings (SSSR count). The van der Waals surface area contributed by atoms with Gasteiger partial charge < -0.3 is 15.0 Å². The normalized spacial score (nSPS) is 11.8. The molecule has 0 aliphatic carbocycles. The molecule has 0 spiro atoms. The van der Waals surface area contributed by atoms with Crippen LogP contribution in [0.3, 0.4) is 0 Å². The SMILES string of the molecule is COC(CNC(=O)c1ccc(N(C)C)cc1)c1ccccc1. The summed E-state index contributed by atoms with van der Waals surface area (Å²) in [6.45, 7) is 0.439. The Balaban J connectivity index is 1.96. The van der Waals surface area contributed by atoms with Crippen molar-refractivity contribution < 1.29 is 9.53 Å². The molecule has 4 nitrogen and oxygen atoms in total. The van der Waals surface area contributed by atoms with Gasteiger partial charge in [0.1, 0.15) is 0 Å².